The number of sulfone groups is 1. The van der Waals surface area contributed by atoms with Crippen LogP contribution in [0.1, 0.15) is 52.9 Å². The average molecular weight is 317 g/mol. The summed E-state index contributed by atoms with van der Waals surface area (Å²) in [5.74, 6) is 0.488. The fourth-order valence-electron chi connectivity index (χ4n) is 3.86. The Morgan fingerprint density at radius 1 is 1.05 bits per heavy atom. The Balaban J connectivity index is 2.19. The lowest BCUT2D eigenvalue weighted by atomic mass is 9.71. The summed E-state index contributed by atoms with van der Waals surface area (Å²) < 4.78 is 31.5. The molecule has 1 saturated heterocycles. The van der Waals surface area contributed by atoms with Crippen LogP contribution in [0.2, 0.25) is 0 Å². The van der Waals surface area contributed by atoms with Crippen LogP contribution in [0.25, 0.3) is 0 Å². The molecule has 0 bridgehead atoms. The molecule has 0 radical (unpaired) electrons. The topological polar surface area (TPSA) is 55.4 Å². The normalized spacial score (nSPS) is 33.0. The minimum Gasteiger partial charge on any atom is -0.381 e. The van der Waals surface area contributed by atoms with Gasteiger partial charge in [0.1, 0.15) is 0 Å². The highest BCUT2D eigenvalue weighted by Crippen LogP contribution is 2.41. The van der Waals surface area contributed by atoms with Crippen molar-refractivity contribution < 1.29 is 13.2 Å². The van der Waals surface area contributed by atoms with Crippen molar-refractivity contribution in [1.82, 2.24) is 5.32 Å². The van der Waals surface area contributed by atoms with Gasteiger partial charge in [0.25, 0.3) is 0 Å². The molecule has 2 aliphatic rings. The lowest BCUT2D eigenvalue weighted by molar-refractivity contribution is 0.0974. The van der Waals surface area contributed by atoms with Gasteiger partial charge in [-0.15, -0.1) is 0 Å². The molecular weight excluding hydrogens is 286 g/mol. The minimum atomic E-state index is -3.08. The molecule has 5 heteroatoms. The molecular formula is C16H31NO3S. The maximum Gasteiger partial charge on any atom is 0.157 e. The van der Waals surface area contributed by atoms with Crippen LogP contribution in [0, 0.1) is 11.3 Å². The van der Waals surface area contributed by atoms with Gasteiger partial charge in [-0.05, 0) is 50.5 Å². The fraction of sp³-hybridized carbons (Fsp3) is 1.00. The highest BCUT2D eigenvalue weighted by Gasteiger charge is 2.44. The molecule has 0 aromatic rings. The highest BCUT2D eigenvalue weighted by molar-refractivity contribution is 7.92. The van der Waals surface area contributed by atoms with E-state index < -0.39 is 9.84 Å². The number of nitrogens with one attached hydrogen (secondary N) is 1. The van der Waals surface area contributed by atoms with E-state index in [0.29, 0.717) is 32.0 Å². The molecule has 1 aliphatic carbocycles. The van der Waals surface area contributed by atoms with E-state index in [9.17, 15) is 8.42 Å². The second-order valence-electron chi connectivity index (χ2n) is 7.71. The van der Waals surface area contributed by atoms with Crippen LogP contribution in [0.4, 0.5) is 0 Å². The van der Waals surface area contributed by atoms with E-state index >= 15 is 0 Å². The summed E-state index contributed by atoms with van der Waals surface area (Å²) in [4.78, 5) is 0. The summed E-state index contributed by atoms with van der Waals surface area (Å²) in [7, 11) is -1.18. The van der Waals surface area contributed by atoms with Crippen LogP contribution in [-0.2, 0) is 14.6 Å². The van der Waals surface area contributed by atoms with E-state index in [0.717, 1.165) is 19.3 Å². The maximum atomic E-state index is 13.1. The molecule has 1 heterocycles. The summed E-state index contributed by atoms with van der Waals surface area (Å²) in [5.41, 5.74) is 0.183. The number of hydrogen-bond acceptors (Lipinski definition) is 4. The predicted octanol–water partition coefficient (Wildman–Crippen LogP) is 2.38. The lowest BCUT2D eigenvalue weighted by Crippen LogP contribution is -2.51. The summed E-state index contributed by atoms with van der Waals surface area (Å²) >= 11 is 0. The van der Waals surface area contributed by atoms with Crippen LogP contribution < -0.4 is 5.32 Å². The molecule has 0 aromatic heterocycles. The molecule has 21 heavy (non-hydrogen) atoms. The Morgan fingerprint density at radius 3 is 2.19 bits per heavy atom. The summed E-state index contributed by atoms with van der Waals surface area (Å²) in [6.07, 6.45) is 4.21. The third kappa shape index (κ3) is 3.80. The summed E-state index contributed by atoms with van der Waals surface area (Å²) in [6.45, 7) is 7.87. The molecule has 0 aromatic carbocycles. The monoisotopic (exact) mass is 317 g/mol. The van der Waals surface area contributed by atoms with E-state index in [4.69, 9.17) is 4.74 Å². The Hall–Kier alpha value is -0.130. The number of rotatable bonds is 3. The van der Waals surface area contributed by atoms with Gasteiger partial charge in [0, 0.05) is 19.3 Å². The van der Waals surface area contributed by atoms with Crippen molar-refractivity contribution in [2.24, 2.45) is 11.3 Å². The fourth-order valence-corrected chi connectivity index (χ4v) is 6.44. The Kier molecular flexibility index (Phi) is 5.37. The number of ether oxygens (including phenoxy) is 1. The van der Waals surface area contributed by atoms with Crippen LogP contribution in [-0.4, -0.2) is 45.2 Å². The third-order valence-electron chi connectivity index (χ3n) is 5.44. The molecule has 1 N–H and O–H groups in total. The molecule has 0 amide bonds. The van der Waals surface area contributed by atoms with Gasteiger partial charge in [0.2, 0.25) is 0 Å². The molecule has 3 unspecified atom stereocenters. The van der Waals surface area contributed by atoms with Crippen LogP contribution in [0.3, 0.4) is 0 Å². The standard InChI is InChI=1S/C16H31NO3S/c1-16(2,3)12-5-6-14(17-4)15(11-12)21(18,19)13-7-9-20-10-8-13/h12-15,17H,5-11H2,1-4H3. The Morgan fingerprint density at radius 2 is 1.67 bits per heavy atom. The van der Waals surface area contributed by atoms with Crippen LogP contribution in [0.15, 0.2) is 0 Å². The minimum absolute atomic E-state index is 0.108. The predicted molar refractivity (Wildman–Crippen MR) is 86.2 cm³/mol. The number of hydrogen-bond donors (Lipinski definition) is 1. The zero-order valence-electron chi connectivity index (χ0n) is 13.9. The zero-order chi connectivity index (χ0) is 15.7. The zero-order valence-corrected chi connectivity index (χ0v) is 14.7. The van der Waals surface area contributed by atoms with Crippen LogP contribution in [0.5, 0.6) is 0 Å². The Labute approximate surface area is 129 Å². The lowest BCUT2D eigenvalue weighted by Gasteiger charge is -2.42. The van der Waals surface area contributed by atoms with E-state index in [1.165, 1.54) is 0 Å². The molecule has 1 saturated carbocycles. The maximum absolute atomic E-state index is 13.1. The van der Waals surface area contributed by atoms with Gasteiger partial charge in [0.05, 0.1) is 10.5 Å². The molecule has 2 rings (SSSR count). The SMILES string of the molecule is CNC1CCC(C(C)(C)C)CC1S(=O)(=O)C1CCOCC1. The van der Waals surface area contributed by atoms with Gasteiger partial charge in [0.15, 0.2) is 9.84 Å². The first kappa shape index (κ1) is 17.2. The summed E-state index contributed by atoms with van der Waals surface area (Å²) in [5, 5.41) is 2.83. The molecule has 4 nitrogen and oxygen atoms in total. The van der Waals surface area contributed by atoms with E-state index in [1.54, 1.807) is 0 Å². The van der Waals surface area contributed by atoms with Crippen molar-refractivity contribution >= 4 is 9.84 Å². The Bertz CT molecular complexity index is 435. The second-order valence-corrected chi connectivity index (χ2v) is 10.2. The van der Waals surface area contributed by atoms with Gasteiger partial charge >= 0.3 is 0 Å². The van der Waals surface area contributed by atoms with Crippen molar-refractivity contribution in [2.75, 3.05) is 20.3 Å². The van der Waals surface area contributed by atoms with Gasteiger partial charge in [-0.1, -0.05) is 20.8 Å². The summed E-state index contributed by atoms with van der Waals surface area (Å²) in [6, 6.07) is 0.108. The van der Waals surface area contributed by atoms with Gasteiger partial charge < -0.3 is 10.1 Å². The molecule has 1 aliphatic heterocycles. The van der Waals surface area contributed by atoms with Crippen molar-refractivity contribution in [3.63, 3.8) is 0 Å². The largest absolute Gasteiger partial charge is 0.381 e. The highest BCUT2D eigenvalue weighted by atomic mass is 32.2. The average Bonchev–Trinajstić information content (AvgIpc) is 2.46. The van der Waals surface area contributed by atoms with E-state index in [1.807, 2.05) is 7.05 Å². The van der Waals surface area contributed by atoms with E-state index in [-0.39, 0.29) is 22.0 Å². The second kappa shape index (κ2) is 6.55. The van der Waals surface area contributed by atoms with E-state index in [2.05, 4.69) is 26.1 Å². The van der Waals surface area contributed by atoms with Crippen molar-refractivity contribution in [3.8, 4) is 0 Å². The first-order valence-corrected chi connectivity index (χ1v) is 9.85. The third-order valence-corrected chi connectivity index (χ3v) is 8.21. The van der Waals surface area contributed by atoms with Crippen LogP contribution >= 0.6 is 0 Å². The molecule has 3 atom stereocenters. The molecule has 0 spiro atoms. The van der Waals surface area contributed by atoms with Crippen molar-refractivity contribution in [3.05, 3.63) is 0 Å². The first-order valence-electron chi connectivity index (χ1n) is 8.24. The van der Waals surface area contributed by atoms with Crippen molar-refractivity contribution in [1.29, 1.82) is 0 Å². The quantitative estimate of drug-likeness (QED) is 0.868. The smallest absolute Gasteiger partial charge is 0.157 e. The van der Waals surface area contributed by atoms with Gasteiger partial charge in [-0.25, -0.2) is 8.42 Å². The molecule has 124 valence electrons. The first-order chi connectivity index (χ1) is 9.76. The van der Waals surface area contributed by atoms with Gasteiger partial charge in [-0.3, -0.25) is 0 Å². The molecule has 2 fully saturated rings. The van der Waals surface area contributed by atoms with Gasteiger partial charge in [-0.2, -0.15) is 0 Å². The van der Waals surface area contributed by atoms with Crippen molar-refractivity contribution in [2.45, 2.75) is 69.4 Å².